The topological polar surface area (TPSA) is 41.9 Å². The minimum atomic E-state index is 0.275. The van der Waals surface area contributed by atoms with Gasteiger partial charge in [0, 0.05) is 12.5 Å². The molecule has 1 N–H and O–H groups in total. The van der Waals surface area contributed by atoms with Crippen molar-refractivity contribution in [1.29, 1.82) is 0 Å². The average Bonchev–Trinajstić information content (AvgIpc) is 2.58. The molecule has 1 rings (SSSR count). The summed E-state index contributed by atoms with van der Waals surface area (Å²) >= 11 is 0. The molecule has 0 heterocycles. The van der Waals surface area contributed by atoms with Crippen LogP contribution in [0.2, 0.25) is 0 Å². The van der Waals surface area contributed by atoms with Gasteiger partial charge in [-0.2, -0.15) is 0 Å². The first-order valence-corrected chi connectivity index (χ1v) is 8.95. The number of aromatic hydroxyl groups is 1. The van der Waals surface area contributed by atoms with E-state index in [0.29, 0.717) is 19.8 Å². The predicted octanol–water partition coefficient (Wildman–Crippen LogP) is 4.05. The Morgan fingerprint density at radius 2 is 2.00 bits per heavy atom. The Kier molecular flexibility index (Phi) is 9.97. The standard InChI is InChI=1S/C21H33NO3/c1-6-9-17(7-2)14-24-15-18(13-22(4)5)16-25-21-11-10-20(23)12-19(21)8-3/h6-7,9-12,18,23H,8,13-16H2,1-5H3/b9-6-,17-7+. The molecule has 25 heavy (non-hydrogen) atoms. The number of rotatable bonds is 11. The molecular weight excluding hydrogens is 314 g/mol. The van der Waals surface area contributed by atoms with E-state index in [9.17, 15) is 5.11 Å². The highest BCUT2D eigenvalue weighted by atomic mass is 16.5. The lowest BCUT2D eigenvalue weighted by Gasteiger charge is -2.22. The van der Waals surface area contributed by atoms with Crippen molar-refractivity contribution in [1.82, 2.24) is 4.90 Å². The third kappa shape index (κ3) is 8.23. The van der Waals surface area contributed by atoms with Crippen molar-refractivity contribution in [2.75, 3.05) is 40.5 Å². The molecule has 0 bridgehead atoms. The van der Waals surface area contributed by atoms with Crippen molar-refractivity contribution in [3.8, 4) is 11.5 Å². The number of benzene rings is 1. The lowest BCUT2D eigenvalue weighted by atomic mass is 10.1. The van der Waals surface area contributed by atoms with Crippen molar-refractivity contribution in [2.24, 2.45) is 5.92 Å². The second-order valence-corrected chi connectivity index (χ2v) is 6.46. The van der Waals surface area contributed by atoms with Crippen LogP contribution in [0.15, 0.2) is 42.0 Å². The molecule has 4 heteroatoms. The quantitative estimate of drug-likeness (QED) is 0.613. The second-order valence-electron chi connectivity index (χ2n) is 6.46. The maximum atomic E-state index is 9.61. The van der Waals surface area contributed by atoms with Crippen molar-refractivity contribution in [3.63, 3.8) is 0 Å². The average molecular weight is 347 g/mol. The molecule has 0 fully saturated rings. The van der Waals surface area contributed by atoms with E-state index >= 15 is 0 Å². The summed E-state index contributed by atoms with van der Waals surface area (Å²) in [5, 5.41) is 9.61. The molecule has 1 unspecified atom stereocenters. The number of ether oxygens (including phenoxy) is 2. The molecular formula is C21H33NO3. The van der Waals surface area contributed by atoms with Crippen molar-refractivity contribution in [3.05, 3.63) is 47.6 Å². The molecule has 1 aromatic rings. The van der Waals surface area contributed by atoms with Crippen LogP contribution < -0.4 is 4.74 Å². The van der Waals surface area contributed by atoms with Gasteiger partial charge in [-0.05, 0) is 63.7 Å². The summed E-state index contributed by atoms with van der Waals surface area (Å²) in [5.41, 5.74) is 2.20. The molecule has 140 valence electrons. The number of phenols is 1. The van der Waals surface area contributed by atoms with Gasteiger partial charge in [-0.25, -0.2) is 0 Å². The van der Waals surface area contributed by atoms with E-state index in [-0.39, 0.29) is 11.7 Å². The molecule has 0 aromatic heterocycles. The number of allylic oxidation sites excluding steroid dienone is 2. The number of hydrogen-bond donors (Lipinski definition) is 1. The number of aryl methyl sites for hydroxylation is 1. The molecule has 0 amide bonds. The summed E-state index contributed by atoms with van der Waals surface area (Å²) < 4.78 is 11.9. The zero-order valence-corrected chi connectivity index (χ0v) is 16.3. The first-order chi connectivity index (χ1) is 12.0. The Bertz CT molecular complexity index is 564. The first kappa shape index (κ1) is 21.3. The van der Waals surface area contributed by atoms with Crippen LogP contribution in [0.4, 0.5) is 0 Å². The number of nitrogens with zero attached hydrogens (tertiary/aromatic N) is 1. The van der Waals surface area contributed by atoms with Crippen molar-refractivity contribution >= 4 is 0 Å². The van der Waals surface area contributed by atoms with Crippen LogP contribution in [0.25, 0.3) is 0 Å². The monoisotopic (exact) mass is 347 g/mol. The highest BCUT2D eigenvalue weighted by Crippen LogP contribution is 2.24. The minimum absolute atomic E-state index is 0.275. The molecule has 1 atom stereocenters. The van der Waals surface area contributed by atoms with Gasteiger partial charge in [-0.15, -0.1) is 0 Å². The van der Waals surface area contributed by atoms with Gasteiger partial charge in [0.1, 0.15) is 11.5 Å². The molecule has 0 spiro atoms. The van der Waals surface area contributed by atoms with Crippen molar-refractivity contribution in [2.45, 2.75) is 27.2 Å². The third-order valence-corrected chi connectivity index (χ3v) is 3.90. The highest BCUT2D eigenvalue weighted by Gasteiger charge is 2.13. The fourth-order valence-electron chi connectivity index (χ4n) is 2.65. The van der Waals surface area contributed by atoms with Gasteiger partial charge < -0.3 is 19.5 Å². The van der Waals surface area contributed by atoms with Crippen LogP contribution in [-0.4, -0.2) is 50.5 Å². The summed E-state index contributed by atoms with van der Waals surface area (Å²) in [4.78, 5) is 2.15. The van der Waals surface area contributed by atoms with E-state index in [4.69, 9.17) is 9.47 Å². The molecule has 0 saturated heterocycles. The molecule has 0 saturated carbocycles. The van der Waals surface area contributed by atoms with Crippen LogP contribution in [0.3, 0.4) is 0 Å². The van der Waals surface area contributed by atoms with Gasteiger partial charge >= 0.3 is 0 Å². The van der Waals surface area contributed by atoms with Crippen LogP contribution in [0, 0.1) is 5.92 Å². The minimum Gasteiger partial charge on any atom is -0.508 e. The molecule has 0 aliphatic carbocycles. The fourth-order valence-corrected chi connectivity index (χ4v) is 2.65. The van der Waals surface area contributed by atoms with E-state index in [2.05, 4.69) is 38.1 Å². The molecule has 0 aliphatic rings. The Hall–Kier alpha value is -1.78. The zero-order chi connectivity index (χ0) is 18.7. The smallest absolute Gasteiger partial charge is 0.122 e. The second kappa shape index (κ2) is 11.7. The summed E-state index contributed by atoms with van der Waals surface area (Å²) in [7, 11) is 4.12. The van der Waals surface area contributed by atoms with Gasteiger partial charge in [-0.1, -0.05) is 25.2 Å². The van der Waals surface area contributed by atoms with E-state index < -0.39 is 0 Å². The van der Waals surface area contributed by atoms with E-state index in [1.54, 1.807) is 12.1 Å². The maximum absolute atomic E-state index is 9.61. The highest BCUT2D eigenvalue weighted by molar-refractivity contribution is 5.39. The van der Waals surface area contributed by atoms with Gasteiger partial charge in [-0.3, -0.25) is 0 Å². The van der Waals surface area contributed by atoms with Gasteiger partial charge in [0.25, 0.3) is 0 Å². The van der Waals surface area contributed by atoms with Crippen LogP contribution in [0.5, 0.6) is 11.5 Å². The van der Waals surface area contributed by atoms with Gasteiger partial charge in [0.05, 0.1) is 19.8 Å². The van der Waals surface area contributed by atoms with E-state index in [1.165, 1.54) is 5.57 Å². The third-order valence-electron chi connectivity index (χ3n) is 3.90. The van der Waals surface area contributed by atoms with Gasteiger partial charge in [0.2, 0.25) is 0 Å². The Labute approximate surface area is 152 Å². The van der Waals surface area contributed by atoms with E-state index in [1.807, 2.05) is 26.0 Å². The lowest BCUT2D eigenvalue weighted by Crippen LogP contribution is -2.30. The normalized spacial score (nSPS) is 13.6. The molecule has 0 aliphatic heterocycles. The largest absolute Gasteiger partial charge is 0.508 e. The van der Waals surface area contributed by atoms with Crippen LogP contribution in [0.1, 0.15) is 26.3 Å². The fraction of sp³-hybridized carbons (Fsp3) is 0.524. The molecule has 0 radical (unpaired) electrons. The van der Waals surface area contributed by atoms with Crippen LogP contribution in [-0.2, 0) is 11.2 Å². The van der Waals surface area contributed by atoms with E-state index in [0.717, 1.165) is 24.3 Å². The SMILES string of the molecule is C/C=C\C(=C/C)COCC(COc1ccc(O)cc1CC)CN(C)C. The number of phenolic OH excluding ortho intramolecular Hbond substituents is 1. The summed E-state index contributed by atoms with van der Waals surface area (Å²) in [6.07, 6.45) is 6.99. The van der Waals surface area contributed by atoms with Crippen molar-refractivity contribution < 1.29 is 14.6 Å². The summed E-state index contributed by atoms with van der Waals surface area (Å²) in [6.45, 7) is 8.84. The molecule has 1 aromatic carbocycles. The lowest BCUT2D eigenvalue weighted by molar-refractivity contribution is 0.0798. The number of hydrogen-bond acceptors (Lipinski definition) is 4. The Balaban J connectivity index is 2.61. The van der Waals surface area contributed by atoms with Gasteiger partial charge in [0.15, 0.2) is 0 Å². The molecule has 4 nitrogen and oxygen atoms in total. The zero-order valence-electron chi connectivity index (χ0n) is 16.3. The Morgan fingerprint density at radius 1 is 1.24 bits per heavy atom. The first-order valence-electron chi connectivity index (χ1n) is 8.95. The summed E-state index contributed by atoms with van der Waals surface area (Å²) in [6, 6.07) is 5.27. The van der Waals surface area contributed by atoms with Crippen LogP contribution >= 0.6 is 0 Å². The maximum Gasteiger partial charge on any atom is 0.122 e. The predicted molar refractivity (Wildman–Crippen MR) is 104 cm³/mol. The summed E-state index contributed by atoms with van der Waals surface area (Å²) in [5.74, 6) is 1.39. The Morgan fingerprint density at radius 3 is 2.60 bits per heavy atom.